The number of nitrogens with zero attached hydrogens (tertiary/aromatic N) is 1. The highest BCUT2D eigenvalue weighted by Gasteiger charge is 2.17. The third-order valence-electron chi connectivity index (χ3n) is 6.28. The van der Waals surface area contributed by atoms with E-state index in [-0.39, 0.29) is 11.8 Å². The fourth-order valence-corrected chi connectivity index (χ4v) is 4.56. The van der Waals surface area contributed by atoms with Crippen molar-refractivity contribution in [2.24, 2.45) is 5.92 Å². The van der Waals surface area contributed by atoms with Gasteiger partial charge in [-0.1, -0.05) is 62.4 Å². The van der Waals surface area contributed by atoms with E-state index in [1.807, 2.05) is 66.9 Å². The molecule has 37 heavy (non-hydrogen) atoms. The Balaban J connectivity index is 1.46. The standard InChI is InChI=1S/C32H35NO4/c1-4-36-31(34)13-8-18-33-21-29(28-11-5-6-12-30(28)33)32(35)26-10-7-9-25(20-26)22-37-27-16-14-24(15-17-27)19-23(2)3/h5-7,9-12,14-17,20-21,23H,4,8,13,18-19,22H2,1-3H3. The number of aromatic nitrogens is 1. The molecule has 0 amide bonds. The normalized spacial score (nSPS) is 11.1. The van der Waals surface area contributed by atoms with Gasteiger partial charge in [-0.05, 0) is 61.1 Å². The number of hydrogen-bond donors (Lipinski definition) is 0. The molecule has 5 heteroatoms. The topological polar surface area (TPSA) is 57.5 Å². The van der Waals surface area contributed by atoms with Crippen molar-refractivity contribution in [3.05, 3.63) is 101 Å². The number of ether oxygens (including phenoxy) is 2. The molecule has 1 heterocycles. The zero-order valence-corrected chi connectivity index (χ0v) is 21.9. The van der Waals surface area contributed by atoms with Crippen molar-refractivity contribution in [3.8, 4) is 5.75 Å². The van der Waals surface area contributed by atoms with Crippen molar-refractivity contribution < 1.29 is 19.1 Å². The maximum Gasteiger partial charge on any atom is 0.305 e. The Labute approximate surface area is 219 Å². The number of rotatable bonds is 12. The molecule has 0 bridgehead atoms. The van der Waals surface area contributed by atoms with Gasteiger partial charge in [-0.2, -0.15) is 0 Å². The van der Waals surface area contributed by atoms with Crippen LogP contribution in [0.3, 0.4) is 0 Å². The maximum atomic E-state index is 13.6. The molecule has 4 aromatic rings. The molecule has 0 saturated carbocycles. The molecule has 0 aliphatic rings. The lowest BCUT2D eigenvalue weighted by Gasteiger charge is -2.09. The van der Waals surface area contributed by atoms with E-state index in [1.165, 1.54) is 5.56 Å². The molecule has 0 atom stereocenters. The van der Waals surface area contributed by atoms with Gasteiger partial charge in [-0.15, -0.1) is 0 Å². The van der Waals surface area contributed by atoms with Crippen molar-refractivity contribution in [3.63, 3.8) is 0 Å². The van der Waals surface area contributed by atoms with Crippen LogP contribution in [0.15, 0.2) is 79.0 Å². The number of ketones is 1. The van der Waals surface area contributed by atoms with Gasteiger partial charge in [0.05, 0.1) is 6.61 Å². The Morgan fingerprint density at radius 1 is 0.919 bits per heavy atom. The first-order chi connectivity index (χ1) is 17.9. The highest BCUT2D eigenvalue weighted by molar-refractivity contribution is 6.16. The predicted molar refractivity (Wildman–Crippen MR) is 147 cm³/mol. The van der Waals surface area contributed by atoms with Crippen molar-refractivity contribution in [1.29, 1.82) is 0 Å². The van der Waals surface area contributed by atoms with Crippen LogP contribution in [0.5, 0.6) is 5.75 Å². The zero-order valence-electron chi connectivity index (χ0n) is 21.9. The van der Waals surface area contributed by atoms with Crippen LogP contribution in [0.4, 0.5) is 0 Å². The Morgan fingerprint density at radius 3 is 2.46 bits per heavy atom. The summed E-state index contributed by atoms with van der Waals surface area (Å²) in [6.45, 7) is 7.64. The Bertz CT molecular complexity index is 1350. The first-order valence-electron chi connectivity index (χ1n) is 13.0. The van der Waals surface area contributed by atoms with Crippen molar-refractivity contribution >= 4 is 22.7 Å². The van der Waals surface area contributed by atoms with E-state index >= 15 is 0 Å². The number of fused-ring (bicyclic) bond motifs is 1. The first kappa shape index (κ1) is 26.2. The van der Waals surface area contributed by atoms with Crippen LogP contribution in [0.25, 0.3) is 10.9 Å². The van der Waals surface area contributed by atoms with Gasteiger partial charge in [-0.3, -0.25) is 9.59 Å². The van der Waals surface area contributed by atoms with E-state index in [4.69, 9.17) is 9.47 Å². The molecule has 3 aromatic carbocycles. The molecule has 0 spiro atoms. The van der Waals surface area contributed by atoms with Crippen LogP contribution < -0.4 is 4.74 Å². The first-order valence-corrected chi connectivity index (χ1v) is 13.0. The maximum absolute atomic E-state index is 13.6. The fraction of sp³-hybridized carbons (Fsp3) is 0.312. The minimum absolute atomic E-state index is 0.0276. The summed E-state index contributed by atoms with van der Waals surface area (Å²) in [6.07, 6.45) is 3.95. The van der Waals surface area contributed by atoms with Crippen molar-refractivity contribution in [1.82, 2.24) is 4.57 Å². The summed E-state index contributed by atoms with van der Waals surface area (Å²) in [5.74, 6) is 1.21. The van der Waals surface area contributed by atoms with Crippen LogP contribution in [0.2, 0.25) is 0 Å². The second kappa shape index (κ2) is 12.4. The van der Waals surface area contributed by atoms with E-state index in [9.17, 15) is 9.59 Å². The summed E-state index contributed by atoms with van der Waals surface area (Å²) in [5, 5.41) is 0.909. The van der Waals surface area contributed by atoms with Crippen LogP contribution in [0, 0.1) is 5.92 Å². The molecule has 0 unspecified atom stereocenters. The minimum Gasteiger partial charge on any atom is -0.489 e. The molecule has 1 aromatic heterocycles. The molecule has 0 aliphatic heterocycles. The average molecular weight is 498 g/mol. The lowest BCUT2D eigenvalue weighted by molar-refractivity contribution is -0.143. The fourth-order valence-electron chi connectivity index (χ4n) is 4.56. The number of carbonyl (C=O) groups excluding carboxylic acids is 2. The predicted octanol–water partition coefficient (Wildman–Crippen LogP) is 6.99. The Morgan fingerprint density at radius 2 is 1.70 bits per heavy atom. The smallest absolute Gasteiger partial charge is 0.305 e. The van der Waals surface area contributed by atoms with Gasteiger partial charge in [-0.25, -0.2) is 0 Å². The molecular formula is C32H35NO4. The minimum atomic E-state index is -0.194. The van der Waals surface area contributed by atoms with Gasteiger partial charge in [0, 0.05) is 41.2 Å². The van der Waals surface area contributed by atoms with Crippen LogP contribution in [0.1, 0.15) is 60.7 Å². The number of aryl methyl sites for hydroxylation is 1. The van der Waals surface area contributed by atoms with E-state index in [0.717, 1.165) is 28.6 Å². The van der Waals surface area contributed by atoms with Crippen LogP contribution in [-0.4, -0.2) is 22.9 Å². The second-order valence-corrected chi connectivity index (χ2v) is 9.72. The van der Waals surface area contributed by atoms with Gasteiger partial charge in [0.1, 0.15) is 12.4 Å². The molecule has 5 nitrogen and oxygen atoms in total. The molecular weight excluding hydrogens is 462 g/mol. The summed E-state index contributed by atoms with van der Waals surface area (Å²) in [7, 11) is 0. The van der Waals surface area contributed by atoms with Gasteiger partial charge in [0.25, 0.3) is 0 Å². The number of carbonyl (C=O) groups is 2. The van der Waals surface area contributed by atoms with E-state index in [2.05, 4.69) is 30.5 Å². The van der Waals surface area contributed by atoms with Gasteiger partial charge in [0.2, 0.25) is 0 Å². The second-order valence-electron chi connectivity index (χ2n) is 9.72. The highest BCUT2D eigenvalue weighted by Crippen LogP contribution is 2.25. The molecule has 4 rings (SSSR count). The highest BCUT2D eigenvalue weighted by atomic mass is 16.5. The Hall–Kier alpha value is -3.86. The monoisotopic (exact) mass is 497 g/mol. The van der Waals surface area contributed by atoms with E-state index < -0.39 is 0 Å². The third kappa shape index (κ3) is 6.88. The number of benzene rings is 3. The summed E-state index contributed by atoms with van der Waals surface area (Å²) in [4.78, 5) is 25.3. The van der Waals surface area contributed by atoms with Gasteiger partial charge in [0.15, 0.2) is 5.78 Å². The molecule has 192 valence electrons. The van der Waals surface area contributed by atoms with Crippen molar-refractivity contribution in [2.75, 3.05) is 6.61 Å². The largest absolute Gasteiger partial charge is 0.489 e. The van der Waals surface area contributed by atoms with Crippen LogP contribution >= 0.6 is 0 Å². The van der Waals surface area contributed by atoms with Gasteiger partial charge >= 0.3 is 5.97 Å². The number of para-hydroxylation sites is 1. The average Bonchev–Trinajstić information content (AvgIpc) is 3.26. The third-order valence-corrected chi connectivity index (χ3v) is 6.28. The van der Waals surface area contributed by atoms with E-state index in [0.29, 0.717) is 49.6 Å². The number of hydrogen-bond acceptors (Lipinski definition) is 4. The molecule has 0 fully saturated rings. The molecule has 0 N–H and O–H groups in total. The van der Waals surface area contributed by atoms with Crippen LogP contribution in [-0.2, 0) is 29.1 Å². The summed E-state index contributed by atoms with van der Waals surface area (Å²) >= 11 is 0. The lowest BCUT2D eigenvalue weighted by atomic mass is 10.0. The van der Waals surface area contributed by atoms with Gasteiger partial charge < -0.3 is 14.0 Å². The quantitative estimate of drug-likeness (QED) is 0.156. The summed E-state index contributed by atoms with van der Waals surface area (Å²) < 4.78 is 13.1. The van der Waals surface area contributed by atoms with Crippen molar-refractivity contribution in [2.45, 2.75) is 53.2 Å². The summed E-state index contributed by atoms with van der Waals surface area (Å²) in [6, 6.07) is 23.7. The molecule has 0 aliphatic carbocycles. The molecule has 0 saturated heterocycles. The molecule has 0 radical (unpaired) electrons. The van der Waals surface area contributed by atoms with E-state index in [1.54, 1.807) is 6.92 Å². The number of esters is 1. The Kier molecular flexibility index (Phi) is 8.78. The zero-order chi connectivity index (χ0) is 26.2. The summed E-state index contributed by atoms with van der Waals surface area (Å²) in [5.41, 5.74) is 4.51. The lowest BCUT2D eigenvalue weighted by Crippen LogP contribution is -2.06. The SMILES string of the molecule is CCOC(=O)CCCn1cc(C(=O)c2cccc(COc3ccc(CC(C)C)cc3)c2)c2ccccc21.